The monoisotopic (exact) mass is 404 g/mol. The number of hydrogen-bond acceptors (Lipinski definition) is 4. The molecule has 0 radical (unpaired) electrons. The van der Waals surface area contributed by atoms with E-state index in [0.717, 1.165) is 27.3 Å². The minimum Gasteiger partial charge on any atom is -0.495 e. The van der Waals surface area contributed by atoms with Gasteiger partial charge in [-0.2, -0.15) is 0 Å². The minimum atomic E-state index is -3.68. The summed E-state index contributed by atoms with van der Waals surface area (Å²) in [6.07, 6.45) is 1.08. The van der Waals surface area contributed by atoms with E-state index in [1.807, 2.05) is 52.0 Å². The van der Waals surface area contributed by atoms with Gasteiger partial charge in [-0.25, -0.2) is 8.42 Å². The summed E-state index contributed by atoms with van der Waals surface area (Å²) < 4.78 is 31.1. The largest absolute Gasteiger partial charge is 0.495 e. The van der Waals surface area contributed by atoms with E-state index in [4.69, 9.17) is 4.74 Å². The predicted octanol–water partition coefficient (Wildman–Crippen LogP) is 3.26. The van der Waals surface area contributed by atoms with Gasteiger partial charge in [-0.3, -0.25) is 9.10 Å². The molecule has 0 saturated carbocycles. The highest BCUT2D eigenvalue weighted by Crippen LogP contribution is 2.31. The summed E-state index contributed by atoms with van der Waals surface area (Å²) in [5, 5.41) is 2.88. The first-order valence-corrected chi connectivity index (χ1v) is 10.9. The van der Waals surface area contributed by atoms with Crippen LogP contribution in [0.3, 0.4) is 0 Å². The van der Waals surface area contributed by atoms with Crippen LogP contribution in [0.5, 0.6) is 5.75 Å². The van der Waals surface area contributed by atoms with Crippen molar-refractivity contribution in [2.75, 3.05) is 24.2 Å². The van der Waals surface area contributed by atoms with Crippen LogP contribution in [0.15, 0.2) is 36.4 Å². The van der Waals surface area contributed by atoms with Crippen LogP contribution < -0.4 is 14.4 Å². The molecular weight excluding hydrogens is 376 g/mol. The minimum absolute atomic E-state index is 0.243. The maximum Gasteiger partial charge on any atom is 0.241 e. The molecule has 6 nitrogen and oxygen atoms in total. The number of sulfonamides is 1. The van der Waals surface area contributed by atoms with Gasteiger partial charge in [0.2, 0.25) is 15.9 Å². The van der Waals surface area contributed by atoms with Crippen LogP contribution in [0.4, 0.5) is 5.69 Å². The Morgan fingerprint density at radius 3 is 2.36 bits per heavy atom. The molecule has 2 aromatic carbocycles. The summed E-state index contributed by atoms with van der Waals surface area (Å²) in [6, 6.07) is 11.0. The number of rotatable bonds is 7. The summed E-state index contributed by atoms with van der Waals surface area (Å²) in [6.45, 7) is 7.45. The van der Waals surface area contributed by atoms with Crippen LogP contribution in [0, 0.1) is 20.8 Å². The molecule has 0 unspecified atom stereocenters. The highest BCUT2D eigenvalue weighted by atomic mass is 32.2. The van der Waals surface area contributed by atoms with E-state index in [1.165, 1.54) is 12.7 Å². The van der Waals surface area contributed by atoms with Gasteiger partial charge in [-0.1, -0.05) is 24.3 Å². The maximum absolute atomic E-state index is 12.6. The van der Waals surface area contributed by atoms with Gasteiger partial charge >= 0.3 is 0 Å². The van der Waals surface area contributed by atoms with Crippen LogP contribution >= 0.6 is 0 Å². The third-order valence-corrected chi connectivity index (χ3v) is 5.83. The van der Waals surface area contributed by atoms with E-state index in [2.05, 4.69) is 5.32 Å². The molecule has 0 bridgehead atoms. The van der Waals surface area contributed by atoms with Crippen molar-refractivity contribution in [1.82, 2.24) is 5.32 Å². The van der Waals surface area contributed by atoms with E-state index in [-0.39, 0.29) is 18.5 Å². The van der Waals surface area contributed by atoms with E-state index in [1.54, 1.807) is 12.1 Å². The van der Waals surface area contributed by atoms with Crippen LogP contribution in [-0.4, -0.2) is 34.2 Å². The first-order valence-electron chi connectivity index (χ1n) is 9.01. The van der Waals surface area contributed by atoms with Gasteiger partial charge < -0.3 is 10.1 Å². The summed E-state index contributed by atoms with van der Waals surface area (Å²) in [4.78, 5) is 12.6. The second kappa shape index (κ2) is 8.65. The molecule has 0 aliphatic carbocycles. The Bertz CT molecular complexity index is 970. The van der Waals surface area contributed by atoms with Crippen molar-refractivity contribution in [2.24, 2.45) is 0 Å². The number of anilines is 1. The number of aryl methyl sites for hydroxylation is 3. The van der Waals surface area contributed by atoms with E-state index >= 15 is 0 Å². The molecule has 28 heavy (non-hydrogen) atoms. The average molecular weight is 405 g/mol. The van der Waals surface area contributed by atoms with Crippen LogP contribution in [-0.2, 0) is 14.8 Å². The van der Waals surface area contributed by atoms with Crippen molar-refractivity contribution in [3.05, 3.63) is 58.7 Å². The number of carbonyl (C=O) groups excluding carboxylic acids is 1. The second-order valence-electron chi connectivity index (χ2n) is 7.08. The fourth-order valence-corrected chi connectivity index (χ4v) is 3.76. The van der Waals surface area contributed by atoms with Crippen molar-refractivity contribution < 1.29 is 17.9 Å². The molecule has 1 atom stereocenters. The fourth-order valence-electron chi connectivity index (χ4n) is 2.91. The molecule has 1 amide bonds. The Hall–Kier alpha value is -2.54. The maximum atomic E-state index is 12.6. The van der Waals surface area contributed by atoms with Gasteiger partial charge in [-0.05, 0) is 62.1 Å². The third-order valence-electron chi connectivity index (χ3n) is 4.70. The van der Waals surface area contributed by atoms with Gasteiger partial charge in [-0.15, -0.1) is 0 Å². The van der Waals surface area contributed by atoms with E-state index in [0.29, 0.717) is 11.4 Å². The molecule has 0 aliphatic heterocycles. The van der Waals surface area contributed by atoms with E-state index in [9.17, 15) is 13.2 Å². The molecule has 0 aliphatic rings. The standard InChI is InChI=1S/C21H28N2O4S/c1-14-7-10-20(27-5)19(11-14)23(28(6,25)26)13-21(24)22-17(4)18-9-8-15(2)16(3)12-18/h7-12,17H,13H2,1-6H3,(H,22,24)/t17-/m0/s1. The Morgan fingerprint density at radius 2 is 1.79 bits per heavy atom. The van der Waals surface area contributed by atoms with Crippen molar-refractivity contribution in [1.29, 1.82) is 0 Å². The van der Waals surface area contributed by atoms with Crippen LogP contribution in [0.2, 0.25) is 0 Å². The lowest BCUT2D eigenvalue weighted by atomic mass is 10.0. The molecule has 0 heterocycles. The number of amides is 1. The SMILES string of the molecule is COc1ccc(C)cc1N(CC(=O)N[C@@H](C)c1ccc(C)c(C)c1)S(C)(=O)=O. The highest BCUT2D eigenvalue weighted by molar-refractivity contribution is 7.92. The Balaban J connectivity index is 2.25. The average Bonchev–Trinajstić information content (AvgIpc) is 2.61. The number of nitrogens with zero attached hydrogens (tertiary/aromatic N) is 1. The normalized spacial score (nSPS) is 12.4. The molecule has 0 aromatic heterocycles. The summed E-state index contributed by atoms with van der Waals surface area (Å²) >= 11 is 0. The first kappa shape index (κ1) is 21.8. The lowest BCUT2D eigenvalue weighted by Crippen LogP contribution is -2.41. The van der Waals surface area contributed by atoms with Crippen molar-refractivity contribution >= 4 is 21.6 Å². The zero-order valence-corrected chi connectivity index (χ0v) is 18.1. The summed E-state index contributed by atoms with van der Waals surface area (Å²) in [5.74, 6) is 0.00532. The van der Waals surface area contributed by atoms with Gasteiger partial charge in [0, 0.05) is 0 Å². The number of nitrogens with one attached hydrogen (secondary N) is 1. The lowest BCUT2D eigenvalue weighted by molar-refractivity contribution is -0.120. The quantitative estimate of drug-likeness (QED) is 0.769. The topological polar surface area (TPSA) is 75.7 Å². The fraction of sp³-hybridized carbons (Fsp3) is 0.381. The smallest absolute Gasteiger partial charge is 0.241 e. The van der Waals surface area contributed by atoms with Gasteiger partial charge in [0.25, 0.3) is 0 Å². The van der Waals surface area contributed by atoms with Gasteiger partial charge in [0.1, 0.15) is 12.3 Å². The number of benzene rings is 2. The zero-order chi connectivity index (χ0) is 21.1. The number of ether oxygens (including phenoxy) is 1. The van der Waals surface area contributed by atoms with Crippen molar-refractivity contribution in [2.45, 2.75) is 33.7 Å². The molecule has 1 N–H and O–H groups in total. The molecule has 0 spiro atoms. The van der Waals surface area contributed by atoms with E-state index < -0.39 is 10.0 Å². The summed E-state index contributed by atoms with van der Waals surface area (Å²) in [5.41, 5.74) is 4.50. The Morgan fingerprint density at radius 1 is 1.11 bits per heavy atom. The molecule has 2 aromatic rings. The second-order valence-corrected chi connectivity index (χ2v) is 8.98. The number of carbonyl (C=O) groups is 1. The Labute approximate surface area is 167 Å². The van der Waals surface area contributed by atoms with Gasteiger partial charge in [0.15, 0.2) is 0 Å². The van der Waals surface area contributed by atoms with Crippen molar-refractivity contribution in [3.63, 3.8) is 0 Å². The van der Waals surface area contributed by atoms with Gasteiger partial charge in [0.05, 0.1) is 25.1 Å². The molecule has 7 heteroatoms. The first-order chi connectivity index (χ1) is 13.0. The molecule has 152 valence electrons. The zero-order valence-electron chi connectivity index (χ0n) is 17.2. The number of methoxy groups -OCH3 is 1. The highest BCUT2D eigenvalue weighted by Gasteiger charge is 2.25. The number of hydrogen-bond donors (Lipinski definition) is 1. The third kappa shape index (κ3) is 5.25. The van der Waals surface area contributed by atoms with Crippen LogP contribution in [0.1, 0.15) is 35.2 Å². The molecule has 0 saturated heterocycles. The van der Waals surface area contributed by atoms with Crippen molar-refractivity contribution in [3.8, 4) is 5.75 Å². The molecule has 0 fully saturated rings. The summed E-state index contributed by atoms with van der Waals surface area (Å²) in [7, 11) is -2.21. The molecule has 2 rings (SSSR count). The molecular formula is C21H28N2O4S. The van der Waals surface area contributed by atoms with Crippen LogP contribution in [0.25, 0.3) is 0 Å². The Kier molecular flexibility index (Phi) is 6.72. The predicted molar refractivity (Wildman–Crippen MR) is 112 cm³/mol. The lowest BCUT2D eigenvalue weighted by Gasteiger charge is -2.25.